The molecular formula is C34H40F3N9O2. The average Bonchev–Trinajstić information content (AvgIpc) is 3.76. The molecule has 2 aliphatic rings. The Labute approximate surface area is 276 Å². The minimum Gasteiger partial charge on any atom is -0.345 e. The number of rotatable bonds is 9. The number of hydrogen-bond donors (Lipinski definition) is 3. The number of carbonyl (C=O) groups is 2. The Morgan fingerprint density at radius 2 is 1.77 bits per heavy atom. The molecule has 2 aromatic carbocycles. The van der Waals surface area contributed by atoms with Crippen LogP contribution in [0.25, 0.3) is 16.8 Å². The van der Waals surface area contributed by atoms with Crippen LogP contribution in [-0.2, 0) is 23.3 Å². The molecule has 14 heteroatoms. The molecule has 6 rings (SSSR count). The smallest absolute Gasteiger partial charge is 0.345 e. The maximum Gasteiger partial charge on any atom is 0.401 e. The molecule has 2 aliphatic heterocycles. The number of amides is 2. The van der Waals surface area contributed by atoms with E-state index in [9.17, 15) is 22.8 Å². The summed E-state index contributed by atoms with van der Waals surface area (Å²) in [6.07, 6.45) is 0.101. The van der Waals surface area contributed by atoms with Crippen LogP contribution < -0.4 is 10.6 Å². The Bertz CT molecular complexity index is 1760. The van der Waals surface area contributed by atoms with Crippen molar-refractivity contribution in [1.82, 2.24) is 45.4 Å². The van der Waals surface area contributed by atoms with Crippen LogP contribution in [-0.4, -0.2) is 91.5 Å². The molecule has 2 amide bonds. The number of aryl methyl sites for hydroxylation is 1. The van der Waals surface area contributed by atoms with Crippen LogP contribution in [0.3, 0.4) is 0 Å². The summed E-state index contributed by atoms with van der Waals surface area (Å²) >= 11 is 0. The lowest BCUT2D eigenvalue weighted by atomic mass is 9.92. The van der Waals surface area contributed by atoms with Gasteiger partial charge in [0.25, 0.3) is 5.91 Å². The standard InChI is InChI=1S/C34H40F3N9O2/c1-22-16-25(24-6-4-23(5-7-24)20-45-13-10-27(17-30(45)47)44-14-11-38-12-15-44)8-9-28(22)46-21-26(18-40-46)31(48)39-19-29-41-32(43-42-29)33(2,3)34(35,36)37/h4-9,16,18,21,27,38H,10-15,17,19-20H2,1-3H3,(H,39,48)(H,41,42,43). The van der Waals surface area contributed by atoms with Gasteiger partial charge < -0.3 is 15.5 Å². The highest BCUT2D eigenvalue weighted by Gasteiger charge is 2.51. The van der Waals surface area contributed by atoms with Crippen LogP contribution in [0.15, 0.2) is 54.9 Å². The largest absolute Gasteiger partial charge is 0.401 e. The number of carbonyl (C=O) groups excluding carboxylic acids is 2. The number of aromatic amines is 1. The first kappa shape index (κ1) is 33.3. The van der Waals surface area contributed by atoms with Gasteiger partial charge in [-0.25, -0.2) is 9.67 Å². The number of halogens is 3. The van der Waals surface area contributed by atoms with E-state index in [-0.39, 0.29) is 23.8 Å². The normalized spacial score (nSPS) is 17.9. The Balaban J connectivity index is 1.04. The number of benzene rings is 2. The summed E-state index contributed by atoms with van der Waals surface area (Å²) in [5, 5.41) is 16.5. The van der Waals surface area contributed by atoms with Gasteiger partial charge in [-0.2, -0.15) is 23.4 Å². The number of aromatic nitrogens is 5. The zero-order valence-corrected chi connectivity index (χ0v) is 27.3. The Morgan fingerprint density at radius 3 is 2.46 bits per heavy atom. The van der Waals surface area contributed by atoms with E-state index in [2.05, 4.69) is 66.1 Å². The fourth-order valence-electron chi connectivity index (χ4n) is 6.12. The molecule has 2 aromatic heterocycles. The van der Waals surface area contributed by atoms with Crippen molar-refractivity contribution in [2.24, 2.45) is 0 Å². The highest BCUT2D eigenvalue weighted by Crippen LogP contribution is 2.38. The second-order valence-corrected chi connectivity index (χ2v) is 13.0. The summed E-state index contributed by atoms with van der Waals surface area (Å²) < 4.78 is 41.5. The minimum absolute atomic E-state index is 0.113. The SMILES string of the molecule is Cc1cc(-c2ccc(CN3CCC(N4CCNCC4)CC3=O)cc2)ccc1-n1cc(C(=O)NCc2nc(C(C)(C)C(F)(F)F)n[nH]2)cn1. The molecule has 4 heterocycles. The van der Waals surface area contributed by atoms with Gasteiger partial charge in [-0.1, -0.05) is 30.3 Å². The van der Waals surface area contributed by atoms with Gasteiger partial charge in [0.1, 0.15) is 11.2 Å². The lowest BCUT2D eigenvalue weighted by Crippen LogP contribution is -2.53. The first-order valence-electron chi connectivity index (χ1n) is 16.1. The summed E-state index contributed by atoms with van der Waals surface area (Å²) in [5.41, 5.74) is 2.98. The number of nitrogens with one attached hydrogen (secondary N) is 3. The van der Waals surface area contributed by atoms with Gasteiger partial charge in [0.05, 0.1) is 24.0 Å². The quantitative estimate of drug-likeness (QED) is 0.246. The minimum atomic E-state index is -4.52. The molecule has 0 spiro atoms. The monoisotopic (exact) mass is 663 g/mol. The molecule has 3 N–H and O–H groups in total. The maximum atomic E-state index is 13.3. The predicted octanol–water partition coefficient (Wildman–Crippen LogP) is 4.13. The summed E-state index contributed by atoms with van der Waals surface area (Å²) in [6, 6.07) is 14.6. The Hall–Kier alpha value is -4.56. The van der Waals surface area contributed by atoms with Gasteiger partial charge >= 0.3 is 6.18 Å². The molecule has 0 saturated carbocycles. The van der Waals surface area contributed by atoms with Gasteiger partial charge in [-0.15, -0.1) is 0 Å². The van der Waals surface area contributed by atoms with E-state index in [1.54, 1.807) is 10.9 Å². The zero-order valence-electron chi connectivity index (χ0n) is 27.3. The number of hydrogen-bond acceptors (Lipinski definition) is 7. The number of nitrogens with zero attached hydrogens (tertiary/aromatic N) is 6. The van der Waals surface area contributed by atoms with Gasteiger partial charge in [-0.3, -0.25) is 19.6 Å². The fourth-order valence-corrected chi connectivity index (χ4v) is 6.12. The third kappa shape index (κ3) is 7.14. The molecule has 48 heavy (non-hydrogen) atoms. The molecule has 254 valence electrons. The van der Waals surface area contributed by atoms with E-state index < -0.39 is 23.3 Å². The van der Waals surface area contributed by atoms with Crippen molar-refractivity contribution in [3.05, 3.63) is 83.2 Å². The average molecular weight is 664 g/mol. The first-order chi connectivity index (χ1) is 22.9. The fraction of sp³-hybridized carbons (Fsp3) is 0.441. The summed E-state index contributed by atoms with van der Waals surface area (Å²) in [6.45, 7) is 9.22. The van der Waals surface area contributed by atoms with Crippen molar-refractivity contribution in [2.45, 2.75) is 64.3 Å². The molecule has 11 nitrogen and oxygen atoms in total. The van der Waals surface area contributed by atoms with Crippen molar-refractivity contribution in [3.8, 4) is 16.8 Å². The molecular weight excluding hydrogens is 623 g/mol. The number of H-pyrrole nitrogens is 1. The Kier molecular flexibility index (Phi) is 9.39. The van der Waals surface area contributed by atoms with Crippen LogP contribution in [0, 0.1) is 6.92 Å². The van der Waals surface area contributed by atoms with E-state index in [0.717, 1.165) is 80.9 Å². The van der Waals surface area contributed by atoms with Gasteiger partial charge in [-0.05, 0) is 61.6 Å². The van der Waals surface area contributed by atoms with Crippen LogP contribution >= 0.6 is 0 Å². The second kappa shape index (κ2) is 13.5. The number of piperidine rings is 1. The van der Waals surface area contributed by atoms with Crippen molar-refractivity contribution in [1.29, 1.82) is 0 Å². The number of piperazine rings is 1. The van der Waals surface area contributed by atoms with Gasteiger partial charge in [0.2, 0.25) is 5.91 Å². The van der Waals surface area contributed by atoms with Gasteiger partial charge in [0, 0.05) is 57.9 Å². The lowest BCUT2D eigenvalue weighted by molar-refractivity contribution is -0.182. The molecule has 2 saturated heterocycles. The van der Waals surface area contributed by atoms with Crippen molar-refractivity contribution >= 4 is 11.8 Å². The number of likely N-dealkylation sites (tertiary alicyclic amines) is 1. The molecule has 2 fully saturated rings. The molecule has 0 bridgehead atoms. The predicted molar refractivity (Wildman–Crippen MR) is 173 cm³/mol. The number of alkyl halides is 3. The van der Waals surface area contributed by atoms with Crippen LogP contribution in [0.2, 0.25) is 0 Å². The van der Waals surface area contributed by atoms with Crippen LogP contribution in [0.4, 0.5) is 13.2 Å². The van der Waals surface area contributed by atoms with Crippen molar-refractivity contribution < 1.29 is 22.8 Å². The maximum absolute atomic E-state index is 13.3. The van der Waals surface area contributed by atoms with E-state index in [1.165, 1.54) is 6.20 Å². The molecule has 4 aromatic rings. The highest BCUT2D eigenvalue weighted by molar-refractivity contribution is 5.93. The van der Waals surface area contributed by atoms with E-state index >= 15 is 0 Å². The van der Waals surface area contributed by atoms with Crippen molar-refractivity contribution in [2.75, 3.05) is 32.7 Å². The molecule has 0 radical (unpaired) electrons. The van der Waals surface area contributed by atoms with Crippen LogP contribution in [0.5, 0.6) is 0 Å². The third-order valence-corrected chi connectivity index (χ3v) is 9.33. The lowest BCUT2D eigenvalue weighted by Gasteiger charge is -2.40. The summed E-state index contributed by atoms with van der Waals surface area (Å²) in [7, 11) is 0. The molecule has 1 unspecified atom stereocenters. The van der Waals surface area contributed by atoms with Gasteiger partial charge in [0.15, 0.2) is 5.82 Å². The van der Waals surface area contributed by atoms with Crippen molar-refractivity contribution in [3.63, 3.8) is 0 Å². The molecule has 0 aliphatic carbocycles. The summed E-state index contributed by atoms with van der Waals surface area (Å²) in [4.78, 5) is 34.0. The second-order valence-electron chi connectivity index (χ2n) is 13.0. The molecule has 1 atom stereocenters. The third-order valence-electron chi connectivity index (χ3n) is 9.33. The summed E-state index contributed by atoms with van der Waals surface area (Å²) in [5.74, 6) is -0.511. The first-order valence-corrected chi connectivity index (χ1v) is 16.1. The van der Waals surface area contributed by atoms with Crippen LogP contribution in [0.1, 0.15) is 59.8 Å². The topological polar surface area (TPSA) is 124 Å². The van der Waals surface area contributed by atoms with E-state index in [1.807, 2.05) is 24.0 Å². The highest BCUT2D eigenvalue weighted by atomic mass is 19.4. The van der Waals surface area contributed by atoms with E-state index in [0.29, 0.717) is 19.0 Å². The zero-order chi connectivity index (χ0) is 34.1. The van der Waals surface area contributed by atoms with E-state index in [4.69, 9.17) is 0 Å². The Morgan fingerprint density at radius 1 is 1.04 bits per heavy atom.